The van der Waals surface area contributed by atoms with Crippen LogP contribution in [-0.2, 0) is 9.59 Å². The van der Waals surface area contributed by atoms with Gasteiger partial charge < -0.3 is 15.5 Å². The second-order valence-corrected chi connectivity index (χ2v) is 7.43. The SMILES string of the molecule is CC(=O)NC(CC(=O)N1CCC2(CCNC2)CC1)c1ccc(F)cc1F.Cl. The maximum absolute atomic E-state index is 14.1. The fourth-order valence-corrected chi connectivity index (χ4v) is 4.02. The highest BCUT2D eigenvalue weighted by molar-refractivity contribution is 5.85. The Morgan fingerprint density at radius 2 is 1.96 bits per heavy atom. The molecule has 1 aromatic carbocycles. The Balaban J connectivity index is 0.00000261. The molecule has 2 heterocycles. The fraction of sp³-hybridized carbons (Fsp3) is 0.579. The fourth-order valence-electron chi connectivity index (χ4n) is 4.02. The Morgan fingerprint density at radius 3 is 2.52 bits per heavy atom. The average Bonchev–Trinajstić information content (AvgIpc) is 3.02. The van der Waals surface area contributed by atoms with Gasteiger partial charge in [0.1, 0.15) is 11.6 Å². The Morgan fingerprint density at radius 1 is 1.26 bits per heavy atom. The van der Waals surface area contributed by atoms with Gasteiger partial charge in [0.15, 0.2) is 0 Å². The normalized spacial score (nSPS) is 19.4. The molecule has 0 aromatic heterocycles. The van der Waals surface area contributed by atoms with Crippen LogP contribution in [0.25, 0.3) is 0 Å². The van der Waals surface area contributed by atoms with E-state index in [9.17, 15) is 18.4 Å². The minimum atomic E-state index is -0.801. The van der Waals surface area contributed by atoms with Gasteiger partial charge in [-0.05, 0) is 37.3 Å². The monoisotopic (exact) mass is 401 g/mol. The van der Waals surface area contributed by atoms with Crippen LogP contribution in [0.2, 0.25) is 0 Å². The molecule has 27 heavy (non-hydrogen) atoms. The Hall–Kier alpha value is -1.73. The molecule has 2 aliphatic rings. The van der Waals surface area contributed by atoms with Crippen LogP contribution in [-0.4, -0.2) is 42.9 Å². The first-order valence-corrected chi connectivity index (χ1v) is 9.09. The lowest BCUT2D eigenvalue weighted by atomic mass is 9.78. The summed E-state index contributed by atoms with van der Waals surface area (Å²) in [6, 6.07) is 2.39. The molecule has 3 rings (SSSR count). The van der Waals surface area contributed by atoms with Crippen molar-refractivity contribution < 1.29 is 18.4 Å². The molecule has 1 spiro atoms. The van der Waals surface area contributed by atoms with E-state index in [0.717, 1.165) is 44.5 Å². The van der Waals surface area contributed by atoms with Gasteiger partial charge in [0.05, 0.1) is 12.5 Å². The van der Waals surface area contributed by atoms with E-state index < -0.39 is 17.7 Å². The second kappa shape index (κ2) is 8.97. The zero-order valence-electron chi connectivity index (χ0n) is 15.4. The number of halogens is 3. The summed E-state index contributed by atoms with van der Waals surface area (Å²) in [4.78, 5) is 26.0. The molecule has 2 aliphatic heterocycles. The van der Waals surface area contributed by atoms with Crippen molar-refractivity contribution in [3.63, 3.8) is 0 Å². The van der Waals surface area contributed by atoms with E-state index in [1.807, 2.05) is 0 Å². The molecule has 5 nitrogen and oxygen atoms in total. The topological polar surface area (TPSA) is 61.4 Å². The molecule has 2 amide bonds. The number of rotatable bonds is 4. The highest BCUT2D eigenvalue weighted by Crippen LogP contribution is 2.37. The average molecular weight is 402 g/mol. The molecule has 1 atom stereocenters. The highest BCUT2D eigenvalue weighted by Gasteiger charge is 2.38. The second-order valence-electron chi connectivity index (χ2n) is 7.43. The van der Waals surface area contributed by atoms with E-state index in [1.54, 1.807) is 4.90 Å². The van der Waals surface area contributed by atoms with Crippen molar-refractivity contribution in [3.8, 4) is 0 Å². The van der Waals surface area contributed by atoms with Crippen LogP contribution in [0.1, 0.15) is 44.2 Å². The third-order valence-corrected chi connectivity index (χ3v) is 5.60. The van der Waals surface area contributed by atoms with Crippen molar-refractivity contribution in [3.05, 3.63) is 35.4 Å². The van der Waals surface area contributed by atoms with Crippen molar-refractivity contribution >= 4 is 24.2 Å². The third kappa shape index (κ3) is 5.17. The summed E-state index contributed by atoms with van der Waals surface area (Å²) >= 11 is 0. The molecule has 2 fully saturated rings. The van der Waals surface area contributed by atoms with Gasteiger partial charge in [0, 0.05) is 38.2 Å². The molecule has 2 saturated heterocycles. The molecule has 1 aromatic rings. The van der Waals surface area contributed by atoms with E-state index in [1.165, 1.54) is 13.0 Å². The van der Waals surface area contributed by atoms with Gasteiger partial charge in [-0.1, -0.05) is 6.07 Å². The number of nitrogens with zero attached hydrogens (tertiary/aromatic N) is 1. The first kappa shape index (κ1) is 21.6. The first-order valence-electron chi connectivity index (χ1n) is 9.09. The molecule has 150 valence electrons. The predicted molar refractivity (Wildman–Crippen MR) is 101 cm³/mol. The third-order valence-electron chi connectivity index (χ3n) is 5.60. The van der Waals surface area contributed by atoms with Crippen molar-refractivity contribution in [1.29, 1.82) is 0 Å². The summed E-state index contributed by atoms with van der Waals surface area (Å²) in [5.41, 5.74) is 0.431. The zero-order chi connectivity index (χ0) is 18.7. The molecule has 0 bridgehead atoms. The summed E-state index contributed by atoms with van der Waals surface area (Å²) in [7, 11) is 0. The number of hydrogen-bond acceptors (Lipinski definition) is 3. The quantitative estimate of drug-likeness (QED) is 0.815. The van der Waals surface area contributed by atoms with Crippen molar-refractivity contribution in [2.75, 3.05) is 26.2 Å². The molecule has 8 heteroatoms. The molecule has 2 N–H and O–H groups in total. The van der Waals surface area contributed by atoms with Crippen molar-refractivity contribution in [2.45, 2.75) is 38.6 Å². The number of carbonyl (C=O) groups is 2. The molecule has 0 aliphatic carbocycles. The zero-order valence-corrected chi connectivity index (χ0v) is 16.2. The van der Waals surface area contributed by atoms with Gasteiger partial charge in [0.25, 0.3) is 0 Å². The summed E-state index contributed by atoms with van der Waals surface area (Å²) in [5, 5.41) is 6.01. The van der Waals surface area contributed by atoms with Crippen molar-refractivity contribution in [1.82, 2.24) is 15.5 Å². The highest BCUT2D eigenvalue weighted by atomic mass is 35.5. The number of likely N-dealkylation sites (tertiary alicyclic amines) is 1. The molecule has 0 radical (unpaired) electrons. The van der Waals surface area contributed by atoms with E-state index in [4.69, 9.17) is 0 Å². The van der Waals surface area contributed by atoms with Crippen LogP contribution in [0, 0.1) is 17.0 Å². The van der Waals surface area contributed by atoms with Gasteiger partial charge in [0.2, 0.25) is 11.8 Å². The maximum atomic E-state index is 14.1. The number of piperidine rings is 1. The summed E-state index contributed by atoms with van der Waals surface area (Å²) in [6.07, 6.45) is 3.03. The number of nitrogens with one attached hydrogen (secondary N) is 2. The summed E-state index contributed by atoms with van der Waals surface area (Å²) in [5.74, 6) is -1.92. The van der Waals surface area contributed by atoms with E-state index in [0.29, 0.717) is 18.5 Å². The van der Waals surface area contributed by atoms with Crippen LogP contribution in [0.15, 0.2) is 18.2 Å². The van der Waals surface area contributed by atoms with Gasteiger partial charge in [-0.15, -0.1) is 12.4 Å². The number of benzene rings is 1. The first-order chi connectivity index (χ1) is 12.4. The number of carbonyl (C=O) groups excluding carboxylic acids is 2. The lowest BCUT2D eigenvalue weighted by Gasteiger charge is -2.39. The van der Waals surface area contributed by atoms with E-state index in [2.05, 4.69) is 10.6 Å². The van der Waals surface area contributed by atoms with Crippen molar-refractivity contribution in [2.24, 2.45) is 5.41 Å². The van der Waals surface area contributed by atoms with Gasteiger partial charge in [-0.2, -0.15) is 0 Å². The predicted octanol–water partition coefficient (Wildman–Crippen LogP) is 2.56. The van der Waals surface area contributed by atoms with Crippen LogP contribution in [0.5, 0.6) is 0 Å². The standard InChI is InChI=1S/C19H25F2N3O2.ClH/c1-13(25)23-17(15-3-2-14(20)10-16(15)21)11-18(26)24-8-5-19(6-9-24)4-7-22-12-19;/h2-3,10,17,22H,4-9,11-12H2,1H3,(H,23,25);1H. The number of hydrogen-bond donors (Lipinski definition) is 2. The largest absolute Gasteiger partial charge is 0.349 e. The van der Waals surface area contributed by atoms with Crippen LogP contribution in [0.3, 0.4) is 0 Å². The molecular formula is C19H26ClF2N3O2. The van der Waals surface area contributed by atoms with E-state index >= 15 is 0 Å². The molecule has 1 unspecified atom stereocenters. The molecule has 0 saturated carbocycles. The Kier molecular flexibility index (Phi) is 7.17. The Labute approximate surface area is 164 Å². The lowest BCUT2D eigenvalue weighted by molar-refractivity contribution is -0.134. The van der Waals surface area contributed by atoms with Crippen LogP contribution >= 0.6 is 12.4 Å². The van der Waals surface area contributed by atoms with Gasteiger partial charge >= 0.3 is 0 Å². The van der Waals surface area contributed by atoms with E-state index in [-0.39, 0.29) is 36.2 Å². The lowest BCUT2D eigenvalue weighted by Crippen LogP contribution is -2.45. The minimum absolute atomic E-state index is 0. The minimum Gasteiger partial charge on any atom is -0.349 e. The van der Waals surface area contributed by atoms with Crippen LogP contribution < -0.4 is 10.6 Å². The summed E-state index contributed by atoms with van der Waals surface area (Å²) in [6.45, 7) is 4.71. The van der Waals surface area contributed by atoms with Gasteiger partial charge in [-0.3, -0.25) is 9.59 Å². The summed E-state index contributed by atoms with van der Waals surface area (Å²) < 4.78 is 27.3. The van der Waals surface area contributed by atoms with Crippen LogP contribution in [0.4, 0.5) is 8.78 Å². The Bertz CT molecular complexity index is 686. The molecular weight excluding hydrogens is 376 g/mol. The maximum Gasteiger partial charge on any atom is 0.224 e. The number of amides is 2. The smallest absolute Gasteiger partial charge is 0.224 e. The van der Waals surface area contributed by atoms with Gasteiger partial charge in [-0.25, -0.2) is 8.78 Å².